The highest BCUT2D eigenvalue weighted by atomic mass is 19.1. The third-order valence-electron chi connectivity index (χ3n) is 7.44. The van der Waals surface area contributed by atoms with Gasteiger partial charge in [0.2, 0.25) is 11.8 Å². The zero-order valence-electron chi connectivity index (χ0n) is 20.3. The fraction of sp³-hybridized carbons (Fsp3) is 0.500. The highest BCUT2D eigenvalue weighted by Gasteiger charge is 2.35. The molecule has 0 saturated carbocycles. The van der Waals surface area contributed by atoms with E-state index < -0.39 is 0 Å². The molecule has 2 aromatic rings. The summed E-state index contributed by atoms with van der Waals surface area (Å²) in [5.41, 5.74) is 1.79. The number of halogens is 1. The quantitative estimate of drug-likeness (QED) is 0.578. The molecule has 35 heavy (non-hydrogen) atoms. The SMILES string of the molecule is O=C(CN1CCC(C(=O)NCCc2ccccc2F)CC1)NCC1(c2ccccc2)CCOCC1. The molecule has 7 heteroatoms. The summed E-state index contributed by atoms with van der Waals surface area (Å²) in [5, 5.41) is 6.12. The number of ether oxygens (including phenoxy) is 1. The van der Waals surface area contributed by atoms with Gasteiger partial charge in [-0.05, 0) is 62.4 Å². The van der Waals surface area contributed by atoms with Gasteiger partial charge < -0.3 is 15.4 Å². The van der Waals surface area contributed by atoms with Crippen molar-refractivity contribution in [2.45, 2.75) is 37.5 Å². The molecule has 0 bridgehead atoms. The minimum atomic E-state index is -0.236. The van der Waals surface area contributed by atoms with Crippen LogP contribution in [0.2, 0.25) is 0 Å². The second kappa shape index (κ2) is 12.3. The standard InChI is InChI=1S/C28H36FN3O3/c29-25-9-5-4-6-22(25)10-15-30-27(34)23-11-16-32(17-12-23)20-26(33)31-21-28(13-18-35-19-14-28)24-7-2-1-3-8-24/h1-9,23H,10-21H2,(H,30,34)(H,31,33). The summed E-state index contributed by atoms with van der Waals surface area (Å²) in [6.45, 7) is 4.24. The molecule has 2 saturated heterocycles. The largest absolute Gasteiger partial charge is 0.381 e. The predicted octanol–water partition coefficient (Wildman–Crippen LogP) is 3.06. The molecule has 0 radical (unpaired) electrons. The van der Waals surface area contributed by atoms with E-state index in [0.29, 0.717) is 44.8 Å². The molecule has 0 aromatic heterocycles. The number of carbonyl (C=O) groups excluding carboxylic acids is 2. The monoisotopic (exact) mass is 481 g/mol. The molecule has 0 atom stereocenters. The lowest BCUT2D eigenvalue weighted by Crippen LogP contribution is -2.48. The van der Waals surface area contributed by atoms with Crippen LogP contribution in [-0.2, 0) is 26.2 Å². The Labute approximate surface area is 207 Å². The zero-order valence-corrected chi connectivity index (χ0v) is 20.3. The molecule has 2 aliphatic rings. The minimum Gasteiger partial charge on any atom is -0.381 e. The lowest BCUT2D eigenvalue weighted by atomic mass is 9.74. The van der Waals surface area contributed by atoms with Crippen LogP contribution in [0.4, 0.5) is 4.39 Å². The van der Waals surface area contributed by atoms with Crippen LogP contribution in [0.25, 0.3) is 0 Å². The number of amides is 2. The highest BCUT2D eigenvalue weighted by Crippen LogP contribution is 2.34. The maximum Gasteiger partial charge on any atom is 0.234 e. The van der Waals surface area contributed by atoms with E-state index >= 15 is 0 Å². The van der Waals surface area contributed by atoms with Gasteiger partial charge in [-0.15, -0.1) is 0 Å². The van der Waals surface area contributed by atoms with Crippen molar-refractivity contribution in [3.63, 3.8) is 0 Å². The first-order chi connectivity index (χ1) is 17.1. The van der Waals surface area contributed by atoms with Gasteiger partial charge in [0.15, 0.2) is 0 Å². The van der Waals surface area contributed by atoms with Crippen molar-refractivity contribution in [1.29, 1.82) is 0 Å². The molecule has 2 aromatic carbocycles. The molecule has 188 valence electrons. The summed E-state index contributed by atoms with van der Waals surface area (Å²) in [5.74, 6) is -0.243. The second-order valence-electron chi connectivity index (χ2n) is 9.72. The van der Waals surface area contributed by atoms with Gasteiger partial charge in [0.05, 0.1) is 6.54 Å². The van der Waals surface area contributed by atoms with Gasteiger partial charge in [0, 0.05) is 37.6 Å². The Balaban J connectivity index is 1.18. The molecule has 4 rings (SSSR count). The lowest BCUT2D eigenvalue weighted by molar-refractivity contribution is -0.126. The van der Waals surface area contributed by atoms with E-state index in [-0.39, 0.29) is 29.0 Å². The Kier molecular flexibility index (Phi) is 8.88. The summed E-state index contributed by atoms with van der Waals surface area (Å²) in [6.07, 6.45) is 3.73. The van der Waals surface area contributed by atoms with Gasteiger partial charge in [-0.2, -0.15) is 0 Å². The summed E-state index contributed by atoms with van der Waals surface area (Å²) < 4.78 is 19.3. The highest BCUT2D eigenvalue weighted by molar-refractivity contribution is 5.79. The van der Waals surface area contributed by atoms with Crippen LogP contribution in [0.15, 0.2) is 54.6 Å². The van der Waals surface area contributed by atoms with E-state index in [4.69, 9.17) is 4.74 Å². The number of likely N-dealkylation sites (tertiary alicyclic amines) is 1. The maximum absolute atomic E-state index is 13.7. The minimum absolute atomic E-state index is 0.0229. The first-order valence-electron chi connectivity index (χ1n) is 12.7. The van der Waals surface area contributed by atoms with Crippen molar-refractivity contribution in [3.05, 3.63) is 71.5 Å². The number of piperidine rings is 1. The van der Waals surface area contributed by atoms with Gasteiger partial charge in [-0.25, -0.2) is 4.39 Å². The number of benzene rings is 2. The van der Waals surface area contributed by atoms with Crippen molar-refractivity contribution < 1.29 is 18.7 Å². The molecule has 2 heterocycles. The van der Waals surface area contributed by atoms with Crippen molar-refractivity contribution >= 4 is 11.8 Å². The average molecular weight is 482 g/mol. The molecule has 2 amide bonds. The third-order valence-corrected chi connectivity index (χ3v) is 7.44. The molecule has 0 aliphatic carbocycles. The summed E-state index contributed by atoms with van der Waals surface area (Å²) in [4.78, 5) is 27.4. The Hall–Kier alpha value is -2.77. The van der Waals surface area contributed by atoms with Crippen LogP contribution in [0, 0.1) is 11.7 Å². The van der Waals surface area contributed by atoms with Gasteiger partial charge in [-0.3, -0.25) is 14.5 Å². The molecule has 6 nitrogen and oxygen atoms in total. The second-order valence-corrected chi connectivity index (χ2v) is 9.72. The molecule has 2 aliphatic heterocycles. The molecule has 0 spiro atoms. The summed E-state index contributed by atoms with van der Waals surface area (Å²) in [7, 11) is 0. The zero-order chi connectivity index (χ0) is 24.5. The van der Waals surface area contributed by atoms with Crippen LogP contribution in [-0.4, -0.2) is 62.7 Å². The van der Waals surface area contributed by atoms with Gasteiger partial charge >= 0.3 is 0 Å². The Morgan fingerprint density at radius 2 is 1.66 bits per heavy atom. The Bertz CT molecular complexity index is 970. The number of hydrogen-bond acceptors (Lipinski definition) is 4. The summed E-state index contributed by atoms with van der Waals surface area (Å²) in [6, 6.07) is 17.1. The van der Waals surface area contributed by atoms with Crippen LogP contribution >= 0.6 is 0 Å². The van der Waals surface area contributed by atoms with Gasteiger partial charge in [-0.1, -0.05) is 48.5 Å². The normalized spacial score (nSPS) is 18.7. The smallest absolute Gasteiger partial charge is 0.234 e. The fourth-order valence-electron chi connectivity index (χ4n) is 5.17. The number of nitrogens with zero attached hydrogens (tertiary/aromatic N) is 1. The van der Waals surface area contributed by atoms with Crippen LogP contribution in [0.5, 0.6) is 0 Å². The van der Waals surface area contributed by atoms with Crippen molar-refractivity contribution in [2.75, 3.05) is 45.9 Å². The van der Waals surface area contributed by atoms with E-state index in [1.807, 2.05) is 6.07 Å². The molecular formula is C28H36FN3O3. The number of hydrogen-bond donors (Lipinski definition) is 2. The van der Waals surface area contributed by atoms with Crippen molar-refractivity contribution in [2.24, 2.45) is 5.92 Å². The van der Waals surface area contributed by atoms with Crippen LogP contribution < -0.4 is 10.6 Å². The van der Waals surface area contributed by atoms with E-state index in [9.17, 15) is 14.0 Å². The maximum atomic E-state index is 13.7. The molecule has 0 unspecified atom stereocenters. The fourth-order valence-corrected chi connectivity index (χ4v) is 5.17. The molecule has 2 fully saturated rings. The first-order valence-corrected chi connectivity index (χ1v) is 12.7. The Morgan fingerprint density at radius 1 is 0.971 bits per heavy atom. The van der Waals surface area contributed by atoms with Crippen LogP contribution in [0.3, 0.4) is 0 Å². The first kappa shape index (κ1) is 25.3. The number of carbonyl (C=O) groups is 2. The van der Waals surface area contributed by atoms with Gasteiger partial charge in [0.1, 0.15) is 5.82 Å². The number of nitrogens with one attached hydrogen (secondary N) is 2. The lowest BCUT2D eigenvalue weighted by Gasteiger charge is -2.38. The molecule has 2 N–H and O–H groups in total. The Morgan fingerprint density at radius 3 is 2.37 bits per heavy atom. The van der Waals surface area contributed by atoms with E-state index in [0.717, 1.165) is 38.8 Å². The third kappa shape index (κ3) is 6.89. The molecular weight excluding hydrogens is 445 g/mol. The van der Waals surface area contributed by atoms with Gasteiger partial charge in [0.25, 0.3) is 0 Å². The number of rotatable bonds is 9. The summed E-state index contributed by atoms with van der Waals surface area (Å²) >= 11 is 0. The average Bonchev–Trinajstić information content (AvgIpc) is 2.90. The van der Waals surface area contributed by atoms with E-state index in [1.54, 1.807) is 18.2 Å². The van der Waals surface area contributed by atoms with Crippen molar-refractivity contribution in [1.82, 2.24) is 15.5 Å². The predicted molar refractivity (Wildman–Crippen MR) is 133 cm³/mol. The van der Waals surface area contributed by atoms with E-state index in [2.05, 4.69) is 39.8 Å². The topological polar surface area (TPSA) is 70.7 Å². The van der Waals surface area contributed by atoms with E-state index in [1.165, 1.54) is 11.6 Å². The van der Waals surface area contributed by atoms with Crippen molar-refractivity contribution in [3.8, 4) is 0 Å². The van der Waals surface area contributed by atoms with Crippen LogP contribution in [0.1, 0.15) is 36.8 Å².